The number of nitrogens with zero attached hydrogens (tertiary/aromatic N) is 3. The fraction of sp³-hybridized carbons (Fsp3) is 0.375. The van der Waals surface area contributed by atoms with E-state index < -0.39 is 0 Å². The molecule has 0 saturated heterocycles. The van der Waals surface area contributed by atoms with Crippen LogP contribution in [-0.2, 0) is 19.8 Å². The van der Waals surface area contributed by atoms with Crippen LogP contribution in [0.2, 0.25) is 0 Å². The molecule has 1 aromatic heterocycles. The third kappa shape index (κ3) is 4.20. The third-order valence-corrected chi connectivity index (χ3v) is 3.97. The molecule has 1 unspecified atom stereocenters. The zero-order chi connectivity index (χ0) is 16.8. The number of aromatic nitrogens is 3. The van der Waals surface area contributed by atoms with Gasteiger partial charge in [-0.2, -0.15) is 9.78 Å². The molecular formula is C16H23N4O2S+. The lowest BCUT2D eigenvalue weighted by atomic mass is 10.2. The van der Waals surface area contributed by atoms with Gasteiger partial charge in [-0.3, -0.25) is 0 Å². The monoisotopic (exact) mass is 335 g/mol. The summed E-state index contributed by atoms with van der Waals surface area (Å²) in [6, 6.07) is 5.86. The van der Waals surface area contributed by atoms with Crippen LogP contribution in [0.15, 0.2) is 37.2 Å². The minimum absolute atomic E-state index is 0.671. The van der Waals surface area contributed by atoms with Crippen LogP contribution >= 0.6 is 12.2 Å². The van der Waals surface area contributed by atoms with Gasteiger partial charge in [0.05, 0.1) is 21.3 Å². The molecular weight excluding hydrogens is 312 g/mol. The van der Waals surface area contributed by atoms with Crippen molar-refractivity contribution in [2.45, 2.75) is 19.8 Å². The minimum atomic E-state index is 0.671. The molecule has 124 valence electrons. The molecule has 0 saturated carbocycles. The number of hydrogen-bond acceptors (Lipinski definition) is 4. The molecule has 2 aromatic rings. The predicted octanol–water partition coefficient (Wildman–Crippen LogP) is 1.29. The van der Waals surface area contributed by atoms with Crippen LogP contribution in [0.25, 0.3) is 0 Å². The Bertz CT molecular complexity index is 723. The Labute approximate surface area is 141 Å². The van der Waals surface area contributed by atoms with Crippen LogP contribution < -0.4 is 14.4 Å². The molecule has 23 heavy (non-hydrogen) atoms. The Kier molecular flexibility index (Phi) is 5.95. The Hall–Kier alpha value is -2.12. The second-order valence-electron chi connectivity index (χ2n) is 5.32. The summed E-state index contributed by atoms with van der Waals surface area (Å²) in [6.07, 6.45) is 3.55. The van der Waals surface area contributed by atoms with Gasteiger partial charge in [0.15, 0.2) is 6.67 Å². The van der Waals surface area contributed by atoms with Gasteiger partial charge >= 0.3 is 0 Å². The first-order chi connectivity index (χ1) is 11.1. The Morgan fingerprint density at radius 1 is 1.35 bits per heavy atom. The van der Waals surface area contributed by atoms with Crippen molar-refractivity contribution >= 4 is 12.2 Å². The molecule has 0 aliphatic heterocycles. The van der Waals surface area contributed by atoms with Crippen molar-refractivity contribution in [2.24, 2.45) is 0 Å². The van der Waals surface area contributed by atoms with Gasteiger partial charge in [-0.1, -0.05) is 6.08 Å². The molecule has 1 atom stereocenters. The highest BCUT2D eigenvalue weighted by Gasteiger charge is 2.12. The van der Waals surface area contributed by atoms with Gasteiger partial charge in [-0.15, -0.1) is 6.58 Å². The van der Waals surface area contributed by atoms with Gasteiger partial charge in [0.25, 0.3) is 0 Å². The normalized spacial score (nSPS) is 12.0. The molecule has 0 spiro atoms. The van der Waals surface area contributed by atoms with Crippen LogP contribution in [0.4, 0.5) is 0 Å². The first-order valence-corrected chi connectivity index (χ1v) is 7.75. The van der Waals surface area contributed by atoms with E-state index in [1.54, 1.807) is 26.6 Å². The van der Waals surface area contributed by atoms with Gasteiger partial charge in [0.2, 0.25) is 4.77 Å². The number of ether oxygens (including phenoxy) is 2. The highest BCUT2D eigenvalue weighted by molar-refractivity contribution is 7.71. The van der Waals surface area contributed by atoms with E-state index in [0.29, 0.717) is 18.0 Å². The first kappa shape index (κ1) is 17.2. The summed E-state index contributed by atoms with van der Waals surface area (Å²) in [5.74, 6) is 1.61. The van der Waals surface area contributed by atoms with Crippen molar-refractivity contribution in [1.29, 1.82) is 0 Å². The topological polar surface area (TPSA) is 45.7 Å². The summed E-state index contributed by atoms with van der Waals surface area (Å²) in [4.78, 5) is 1.24. The quantitative estimate of drug-likeness (QED) is 0.583. The molecule has 1 heterocycles. The van der Waals surface area contributed by atoms with Gasteiger partial charge in [0.1, 0.15) is 24.4 Å². The number of rotatable bonds is 8. The Morgan fingerprint density at radius 2 is 2.13 bits per heavy atom. The molecule has 6 nitrogen and oxygen atoms in total. The summed E-state index contributed by atoms with van der Waals surface area (Å²) in [5, 5.41) is 4.34. The summed E-state index contributed by atoms with van der Waals surface area (Å²) in [5.41, 5.74) is 1.11. The molecule has 1 aromatic carbocycles. The van der Waals surface area contributed by atoms with Gasteiger partial charge in [0, 0.05) is 18.2 Å². The lowest BCUT2D eigenvalue weighted by Gasteiger charge is -2.16. The van der Waals surface area contributed by atoms with Gasteiger partial charge < -0.3 is 18.9 Å². The fourth-order valence-corrected chi connectivity index (χ4v) is 2.61. The summed E-state index contributed by atoms with van der Waals surface area (Å²) >= 11 is 5.42. The average Bonchev–Trinajstić information content (AvgIpc) is 2.89. The first-order valence-electron chi connectivity index (χ1n) is 7.34. The summed E-state index contributed by atoms with van der Waals surface area (Å²) in [6.45, 7) is 5.87. The van der Waals surface area contributed by atoms with Crippen molar-refractivity contribution in [2.75, 3.05) is 21.3 Å². The summed E-state index contributed by atoms with van der Waals surface area (Å²) < 4.78 is 15.1. The standard InChI is InChI=1S/C16H22N4O2S/c1-5-8-19-11-17-20(16(19)23)12-18(2)10-13-6-7-14(21-3)9-15(13)22-4/h5-7,9,11H,1,8,10,12H2,2-4H3/p+1. The molecule has 0 aliphatic rings. The van der Waals surface area contributed by atoms with Crippen LogP contribution in [0.5, 0.6) is 11.5 Å². The fourth-order valence-electron chi connectivity index (χ4n) is 2.38. The number of methoxy groups -OCH3 is 2. The largest absolute Gasteiger partial charge is 0.497 e. The average molecular weight is 335 g/mol. The highest BCUT2D eigenvalue weighted by atomic mass is 32.1. The smallest absolute Gasteiger partial charge is 0.202 e. The van der Waals surface area contributed by atoms with E-state index in [1.807, 2.05) is 27.4 Å². The molecule has 2 rings (SSSR count). The van der Waals surface area contributed by atoms with E-state index in [9.17, 15) is 0 Å². The molecule has 1 N–H and O–H groups in total. The SMILES string of the molecule is C=CCn1cnn(C[NH+](C)Cc2ccc(OC)cc2OC)c1=S. The molecule has 0 radical (unpaired) electrons. The van der Waals surface area contributed by atoms with E-state index in [0.717, 1.165) is 23.6 Å². The van der Waals surface area contributed by atoms with Crippen LogP contribution in [0, 0.1) is 4.77 Å². The maximum absolute atomic E-state index is 5.45. The van der Waals surface area contributed by atoms with Crippen LogP contribution in [0.1, 0.15) is 5.56 Å². The predicted molar refractivity (Wildman–Crippen MR) is 91.4 cm³/mol. The van der Waals surface area contributed by atoms with Crippen molar-refractivity contribution < 1.29 is 14.4 Å². The number of quaternary nitrogens is 1. The third-order valence-electron chi connectivity index (χ3n) is 3.53. The van der Waals surface area contributed by atoms with E-state index in [4.69, 9.17) is 21.7 Å². The minimum Gasteiger partial charge on any atom is -0.497 e. The molecule has 0 fully saturated rings. The Balaban J connectivity index is 2.09. The van der Waals surface area contributed by atoms with E-state index in [-0.39, 0.29) is 0 Å². The van der Waals surface area contributed by atoms with Crippen LogP contribution in [-0.4, -0.2) is 35.6 Å². The zero-order valence-electron chi connectivity index (χ0n) is 13.8. The van der Waals surface area contributed by atoms with Crippen molar-refractivity contribution in [3.8, 4) is 11.5 Å². The van der Waals surface area contributed by atoms with Crippen molar-refractivity contribution in [1.82, 2.24) is 14.3 Å². The van der Waals surface area contributed by atoms with Gasteiger partial charge in [-0.25, -0.2) is 0 Å². The van der Waals surface area contributed by atoms with E-state index in [2.05, 4.69) is 18.7 Å². The second-order valence-corrected chi connectivity index (χ2v) is 5.69. The Morgan fingerprint density at radius 3 is 2.78 bits per heavy atom. The van der Waals surface area contributed by atoms with E-state index in [1.165, 1.54) is 4.90 Å². The number of benzene rings is 1. The van der Waals surface area contributed by atoms with Crippen molar-refractivity contribution in [3.63, 3.8) is 0 Å². The second kappa shape index (κ2) is 7.94. The number of nitrogens with one attached hydrogen (secondary N) is 1. The van der Waals surface area contributed by atoms with E-state index >= 15 is 0 Å². The lowest BCUT2D eigenvalue weighted by molar-refractivity contribution is -0.917. The van der Waals surface area contributed by atoms with Gasteiger partial charge in [-0.05, 0) is 24.4 Å². The molecule has 7 heteroatoms. The highest BCUT2D eigenvalue weighted by Crippen LogP contribution is 2.23. The number of allylic oxidation sites excluding steroid dienone is 1. The summed E-state index contributed by atoms with van der Waals surface area (Å²) in [7, 11) is 5.41. The number of hydrogen-bond donors (Lipinski definition) is 1. The maximum Gasteiger partial charge on any atom is 0.202 e. The maximum atomic E-state index is 5.45. The molecule has 0 amide bonds. The van der Waals surface area contributed by atoms with Crippen molar-refractivity contribution in [3.05, 3.63) is 47.5 Å². The molecule has 0 bridgehead atoms. The lowest BCUT2D eigenvalue weighted by Crippen LogP contribution is -3.07. The molecule has 0 aliphatic carbocycles. The van der Waals surface area contributed by atoms with Crippen LogP contribution in [0.3, 0.4) is 0 Å². The zero-order valence-corrected chi connectivity index (χ0v) is 14.6.